The fourth-order valence-corrected chi connectivity index (χ4v) is 1.97. The van der Waals surface area contributed by atoms with Gasteiger partial charge in [-0.25, -0.2) is 0 Å². The molecule has 0 aliphatic rings. The van der Waals surface area contributed by atoms with Crippen LogP contribution < -0.4 is 5.73 Å². The molecule has 108 valence electrons. The van der Waals surface area contributed by atoms with E-state index >= 15 is 0 Å². The molecule has 1 aromatic rings. The van der Waals surface area contributed by atoms with Crippen LogP contribution in [0.4, 0.5) is 0 Å². The van der Waals surface area contributed by atoms with Crippen molar-refractivity contribution in [2.24, 2.45) is 11.1 Å². The first-order chi connectivity index (χ1) is 8.27. The normalized spacial score (nSPS) is 16.1. The molecule has 0 heterocycles. The first-order valence-electron chi connectivity index (χ1n) is 5.84. The minimum absolute atomic E-state index is 0. The second-order valence-corrected chi connectivity index (χ2v) is 5.47. The van der Waals surface area contributed by atoms with Crippen LogP contribution in [-0.2, 0) is 10.5 Å². The van der Waals surface area contributed by atoms with E-state index in [1.54, 1.807) is 24.3 Å². The number of halogens is 1. The lowest BCUT2D eigenvalue weighted by atomic mass is 9.79. The Bertz CT molecular complexity index is 431. The zero-order valence-electron chi connectivity index (χ0n) is 11.7. The standard InChI is InChI=1S/C14H21NO3.ClH/c1-13(2,3)12(17)14(15,18-4)11-8-6-5-7-10(11)9-16;/h5-9,12,17H,15H2,1-4H3;1H/t12-,14-;/m1./s1. The first-order valence-corrected chi connectivity index (χ1v) is 5.84. The van der Waals surface area contributed by atoms with Crippen LogP contribution in [0.5, 0.6) is 0 Å². The van der Waals surface area contributed by atoms with E-state index in [1.165, 1.54) is 7.11 Å². The van der Waals surface area contributed by atoms with E-state index in [0.29, 0.717) is 17.4 Å². The topological polar surface area (TPSA) is 72.5 Å². The molecule has 0 amide bonds. The summed E-state index contributed by atoms with van der Waals surface area (Å²) in [6, 6.07) is 6.85. The van der Waals surface area contributed by atoms with Crippen molar-refractivity contribution < 1.29 is 14.6 Å². The zero-order chi connectivity index (χ0) is 14.0. The second kappa shape index (κ2) is 6.48. The molecular formula is C14H22ClNO3. The molecule has 1 rings (SSSR count). The Morgan fingerprint density at radius 1 is 1.32 bits per heavy atom. The van der Waals surface area contributed by atoms with Gasteiger partial charge in [0.05, 0.1) is 0 Å². The highest BCUT2D eigenvalue weighted by Crippen LogP contribution is 2.35. The third kappa shape index (κ3) is 3.54. The monoisotopic (exact) mass is 287 g/mol. The summed E-state index contributed by atoms with van der Waals surface area (Å²) in [5, 5.41) is 10.4. The Morgan fingerprint density at radius 2 is 1.84 bits per heavy atom. The van der Waals surface area contributed by atoms with Crippen molar-refractivity contribution in [3.63, 3.8) is 0 Å². The summed E-state index contributed by atoms with van der Waals surface area (Å²) in [4.78, 5) is 11.1. The lowest BCUT2D eigenvalue weighted by molar-refractivity contribution is -0.144. The van der Waals surface area contributed by atoms with Crippen molar-refractivity contribution in [1.82, 2.24) is 0 Å². The number of rotatable bonds is 4. The maximum atomic E-state index is 11.1. The van der Waals surface area contributed by atoms with E-state index in [4.69, 9.17) is 10.5 Å². The number of ether oxygens (including phenoxy) is 1. The summed E-state index contributed by atoms with van der Waals surface area (Å²) in [5.74, 6) is 0. The van der Waals surface area contributed by atoms with Gasteiger partial charge in [0.2, 0.25) is 0 Å². The fourth-order valence-electron chi connectivity index (χ4n) is 1.97. The molecule has 5 heteroatoms. The molecule has 0 aliphatic carbocycles. The molecule has 0 saturated heterocycles. The van der Waals surface area contributed by atoms with Gasteiger partial charge in [-0.15, -0.1) is 12.4 Å². The molecule has 2 atom stereocenters. The van der Waals surface area contributed by atoms with E-state index in [-0.39, 0.29) is 12.4 Å². The first kappa shape index (κ1) is 18.1. The van der Waals surface area contributed by atoms with Crippen LogP contribution in [0.15, 0.2) is 24.3 Å². The molecule has 0 spiro atoms. The zero-order valence-corrected chi connectivity index (χ0v) is 12.5. The molecule has 1 aromatic carbocycles. The number of methoxy groups -OCH3 is 1. The van der Waals surface area contributed by atoms with Crippen molar-refractivity contribution in [2.45, 2.75) is 32.6 Å². The van der Waals surface area contributed by atoms with Crippen LogP contribution in [0.3, 0.4) is 0 Å². The van der Waals surface area contributed by atoms with Crippen LogP contribution in [-0.4, -0.2) is 24.6 Å². The quantitative estimate of drug-likeness (QED) is 0.657. The number of aldehydes is 1. The summed E-state index contributed by atoms with van der Waals surface area (Å²) in [7, 11) is 1.43. The Labute approximate surface area is 120 Å². The highest BCUT2D eigenvalue weighted by Gasteiger charge is 2.43. The second-order valence-electron chi connectivity index (χ2n) is 5.47. The number of nitrogens with two attached hydrogens (primary N) is 1. The minimum Gasteiger partial charge on any atom is -0.388 e. The van der Waals surface area contributed by atoms with Gasteiger partial charge in [0.1, 0.15) is 12.4 Å². The number of aliphatic hydroxyl groups excluding tert-OH is 1. The Kier molecular flexibility index (Phi) is 6.16. The predicted octanol–water partition coefficient (Wildman–Crippen LogP) is 2.09. The van der Waals surface area contributed by atoms with Crippen LogP contribution in [0.1, 0.15) is 36.7 Å². The molecule has 0 saturated carbocycles. The van der Waals surface area contributed by atoms with Gasteiger partial charge in [-0.1, -0.05) is 45.0 Å². The summed E-state index contributed by atoms with van der Waals surface area (Å²) in [5.41, 5.74) is 5.23. The number of benzene rings is 1. The highest BCUT2D eigenvalue weighted by molar-refractivity contribution is 5.85. The van der Waals surface area contributed by atoms with Gasteiger partial charge in [-0.2, -0.15) is 0 Å². The van der Waals surface area contributed by atoms with E-state index in [1.807, 2.05) is 20.8 Å². The third-order valence-corrected chi connectivity index (χ3v) is 3.07. The summed E-state index contributed by atoms with van der Waals surface area (Å²) in [6.45, 7) is 5.59. The van der Waals surface area contributed by atoms with E-state index in [9.17, 15) is 9.90 Å². The molecule has 0 bridgehead atoms. The lowest BCUT2D eigenvalue weighted by Gasteiger charge is -2.40. The average Bonchev–Trinajstić information content (AvgIpc) is 2.35. The molecule has 0 radical (unpaired) electrons. The molecule has 0 aliphatic heterocycles. The molecule has 4 nitrogen and oxygen atoms in total. The Morgan fingerprint density at radius 3 is 2.26 bits per heavy atom. The Hall–Kier alpha value is -0.940. The van der Waals surface area contributed by atoms with Gasteiger partial charge in [-0.05, 0) is 5.41 Å². The van der Waals surface area contributed by atoms with Crippen molar-refractivity contribution in [3.05, 3.63) is 35.4 Å². The summed E-state index contributed by atoms with van der Waals surface area (Å²) >= 11 is 0. The number of aliphatic hydroxyl groups is 1. The lowest BCUT2D eigenvalue weighted by Crippen LogP contribution is -2.55. The van der Waals surface area contributed by atoms with Gasteiger partial charge < -0.3 is 9.84 Å². The molecular weight excluding hydrogens is 266 g/mol. The van der Waals surface area contributed by atoms with Gasteiger partial charge in [0.15, 0.2) is 5.72 Å². The van der Waals surface area contributed by atoms with Crippen LogP contribution in [0.2, 0.25) is 0 Å². The van der Waals surface area contributed by atoms with Crippen molar-refractivity contribution in [3.8, 4) is 0 Å². The van der Waals surface area contributed by atoms with Gasteiger partial charge >= 0.3 is 0 Å². The van der Waals surface area contributed by atoms with Crippen LogP contribution >= 0.6 is 12.4 Å². The summed E-state index contributed by atoms with van der Waals surface area (Å²) < 4.78 is 5.32. The Balaban J connectivity index is 0.00000324. The molecule has 0 fully saturated rings. The predicted molar refractivity (Wildman–Crippen MR) is 77.4 cm³/mol. The SMILES string of the molecule is CO[C@](N)(c1ccccc1C=O)[C@H](O)C(C)(C)C.Cl. The average molecular weight is 288 g/mol. The number of carbonyl (C=O) groups excluding carboxylic acids is 1. The smallest absolute Gasteiger partial charge is 0.169 e. The van der Waals surface area contributed by atoms with Gasteiger partial charge in [-0.3, -0.25) is 10.5 Å². The van der Waals surface area contributed by atoms with E-state index in [2.05, 4.69) is 0 Å². The van der Waals surface area contributed by atoms with Gasteiger partial charge in [0.25, 0.3) is 0 Å². The van der Waals surface area contributed by atoms with E-state index in [0.717, 1.165) is 0 Å². The van der Waals surface area contributed by atoms with Crippen LogP contribution in [0.25, 0.3) is 0 Å². The molecule has 0 unspecified atom stereocenters. The number of hydrogen-bond donors (Lipinski definition) is 2. The van der Waals surface area contributed by atoms with Crippen molar-refractivity contribution in [2.75, 3.05) is 7.11 Å². The molecule has 19 heavy (non-hydrogen) atoms. The van der Waals surface area contributed by atoms with Crippen molar-refractivity contribution in [1.29, 1.82) is 0 Å². The maximum absolute atomic E-state index is 11.1. The van der Waals surface area contributed by atoms with Gasteiger partial charge in [0, 0.05) is 18.2 Å². The maximum Gasteiger partial charge on any atom is 0.169 e. The third-order valence-electron chi connectivity index (χ3n) is 3.07. The molecule has 0 aromatic heterocycles. The largest absolute Gasteiger partial charge is 0.388 e. The number of hydrogen-bond acceptors (Lipinski definition) is 4. The summed E-state index contributed by atoms with van der Waals surface area (Å²) in [6.07, 6.45) is -0.234. The van der Waals surface area contributed by atoms with E-state index < -0.39 is 17.2 Å². The number of carbonyl (C=O) groups is 1. The molecule has 3 N–H and O–H groups in total. The fraction of sp³-hybridized carbons (Fsp3) is 0.500. The minimum atomic E-state index is -1.41. The highest BCUT2D eigenvalue weighted by atomic mass is 35.5. The van der Waals surface area contributed by atoms with Crippen LogP contribution in [0, 0.1) is 5.41 Å². The van der Waals surface area contributed by atoms with Crippen molar-refractivity contribution >= 4 is 18.7 Å².